The first kappa shape index (κ1) is 14.4. The minimum Gasteiger partial charge on any atom is -0.313 e. The van der Waals surface area contributed by atoms with E-state index in [2.05, 4.69) is 24.5 Å². The normalized spacial score (nSPS) is 11.2. The Morgan fingerprint density at radius 1 is 1.29 bits per heavy atom. The standard InChI is InChI=1S/C13H20ClFN2/c1-9(2)17-5-4-16-8-11-7-13(15)10(3)6-12(11)14/h6-7,9,16-17H,4-5,8H2,1-3H3. The maximum Gasteiger partial charge on any atom is 0.126 e. The van der Waals surface area contributed by atoms with Crippen LogP contribution >= 0.6 is 11.6 Å². The van der Waals surface area contributed by atoms with Crippen LogP contribution in [0.2, 0.25) is 5.02 Å². The molecule has 0 spiro atoms. The van der Waals surface area contributed by atoms with Crippen LogP contribution in [0.3, 0.4) is 0 Å². The Labute approximate surface area is 108 Å². The zero-order valence-electron chi connectivity index (χ0n) is 10.6. The fourth-order valence-corrected chi connectivity index (χ4v) is 1.78. The van der Waals surface area contributed by atoms with Crippen LogP contribution in [-0.2, 0) is 6.54 Å². The van der Waals surface area contributed by atoms with Crippen molar-refractivity contribution in [1.82, 2.24) is 10.6 Å². The second-order valence-electron chi connectivity index (χ2n) is 4.48. The van der Waals surface area contributed by atoms with E-state index in [1.165, 1.54) is 6.07 Å². The monoisotopic (exact) mass is 258 g/mol. The van der Waals surface area contributed by atoms with E-state index in [-0.39, 0.29) is 5.82 Å². The van der Waals surface area contributed by atoms with Gasteiger partial charge in [-0.25, -0.2) is 4.39 Å². The molecule has 0 radical (unpaired) electrons. The van der Waals surface area contributed by atoms with E-state index < -0.39 is 0 Å². The topological polar surface area (TPSA) is 24.1 Å². The minimum atomic E-state index is -0.202. The summed E-state index contributed by atoms with van der Waals surface area (Å²) in [7, 11) is 0. The molecule has 17 heavy (non-hydrogen) atoms. The summed E-state index contributed by atoms with van der Waals surface area (Å²) in [6, 6.07) is 3.65. The van der Waals surface area contributed by atoms with Gasteiger partial charge in [-0.05, 0) is 30.2 Å². The number of nitrogens with one attached hydrogen (secondary N) is 2. The molecule has 0 saturated heterocycles. The maximum atomic E-state index is 13.3. The van der Waals surface area contributed by atoms with E-state index in [1.54, 1.807) is 13.0 Å². The molecule has 0 unspecified atom stereocenters. The molecule has 1 rings (SSSR count). The summed E-state index contributed by atoms with van der Waals surface area (Å²) in [6.07, 6.45) is 0. The zero-order valence-corrected chi connectivity index (χ0v) is 11.4. The number of hydrogen-bond acceptors (Lipinski definition) is 2. The molecule has 0 aliphatic heterocycles. The molecule has 2 nitrogen and oxygen atoms in total. The fourth-order valence-electron chi connectivity index (χ4n) is 1.50. The van der Waals surface area contributed by atoms with Gasteiger partial charge in [0.2, 0.25) is 0 Å². The predicted octanol–water partition coefficient (Wildman–Crippen LogP) is 2.88. The quantitative estimate of drug-likeness (QED) is 0.767. The van der Waals surface area contributed by atoms with Gasteiger partial charge in [-0.1, -0.05) is 25.4 Å². The Kier molecular flexibility index (Phi) is 5.89. The Balaban J connectivity index is 2.39. The Morgan fingerprint density at radius 2 is 2.00 bits per heavy atom. The molecule has 1 aromatic carbocycles. The third-order valence-electron chi connectivity index (χ3n) is 2.50. The molecular weight excluding hydrogens is 239 g/mol. The van der Waals surface area contributed by atoms with Gasteiger partial charge in [0, 0.05) is 30.7 Å². The lowest BCUT2D eigenvalue weighted by molar-refractivity contribution is 0.554. The number of aryl methyl sites for hydroxylation is 1. The first-order chi connectivity index (χ1) is 8.00. The van der Waals surface area contributed by atoms with Gasteiger partial charge in [0.15, 0.2) is 0 Å². The second kappa shape index (κ2) is 6.94. The van der Waals surface area contributed by atoms with Gasteiger partial charge in [-0.3, -0.25) is 0 Å². The van der Waals surface area contributed by atoms with E-state index in [4.69, 9.17) is 11.6 Å². The first-order valence-corrected chi connectivity index (χ1v) is 6.27. The largest absolute Gasteiger partial charge is 0.313 e. The smallest absolute Gasteiger partial charge is 0.126 e. The van der Waals surface area contributed by atoms with Gasteiger partial charge in [0.25, 0.3) is 0 Å². The highest BCUT2D eigenvalue weighted by molar-refractivity contribution is 6.31. The Hall–Kier alpha value is -0.640. The van der Waals surface area contributed by atoms with Crippen molar-refractivity contribution in [3.05, 3.63) is 34.1 Å². The zero-order chi connectivity index (χ0) is 12.8. The molecule has 0 amide bonds. The highest BCUT2D eigenvalue weighted by Crippen LogP contribution is 2.20. The second-order valence-corrected chi connectivity index (χ2v) is 4.89. The van der Waals surface area contributed by atoms with Crippen molar-refractivity contribution in [1.29, 1.82) is 0 Å². The van der Waals surface area contributed by atoms with Crippen LogP contribution in [0.15, 0.2) is 12.1 Å². The van der Waals surface area contributed by atoms with Crippen molar-refractivity contribution in [3.8, 4) is 0 Å². The van der Waals surface area contributed by atoms with Gasteiger partial charge in [-0.15, -0.1) is 0 Å². The van der Waals surface area contributed by atoms with Crippen LogP contribution in [0.4, 0.5) is 4.39 Å². The molecule has 96 valence electrons. The molecular formula is C13H20ClFN2. The van der Waals surface area contributed by atoms with Crippen LogP contribution in [-0.4, -0.2) is 19.1 Å². The van der Waals surface area contributed by atoms with Crippen molar-refractivity contribution >= 4 is 11.6 Å². The van der Waals surface area contributed by atoms with Crippen LogP contribution < -0.4 is 10.6 Å². The molecule has 0 fully saturated rings. The molecule has 2 N–H and O–H groups in total. The summed E-state index contributed by atoms with van der Waals surface area (Å²) in [5, 5.41) is 7.15. The van der Waals surface area contributed by atoms with Crippen LogP contribution in [0.1, 0.15) is 25.0 Å². The molecule has 4 heteroatoms. The molecule has 0 aromatic heterocycles. The summed E-state index contributed by atoms with van der Waals surface area (Å²) >= 11 is 6.04. The average molecular weight is 259 g/mol. The lowest BCUT2D eigenvalue weighted by atomic mass is 10.1. The Morgan fingerprint density at radius 3 is 2.65 bits per heavy atom. The maximum absolute atomic E-state index is 13.3. The van der Waals surface area contributed by atoms with E-state index in [0.29, 0.717) is 23.2 Å². The summed E-state index contributed by atoms with van der Waals surface area (Å²) in [4.78, 5) is 0. The predicted molar refractivity (Wildman–Crippen MR) is 71.0 cm³/mol. The number of benzene rings is 1. The summed E-state index contributed by atoms with van der Waals surface area (Å²) < 4.78 is 13.3. The molecule has 0 saturated carbocycles. The van der Waals surface area contributed by atoms with Crippen molar-refractivity contribution < 1.29 is 4.39 Å². The Bertz CT molecular complexity index is 367. The molecule has 1 aromatic rings. The molecule has 0 atom stereocenters. The van der Waals surface area contributed by atoms with Crippen LogP contribution in [0.5, 0.6) is 0 Å². The van der Waals surface area contributed by atoms with E-state index in [0.717, 1.165) is 18.7 Å². The van der Waals surface area contributed by atoms with Crippen LogP contribution in [0, 0.1) is 12.7 Å². The lowest BCUT2D eigenvalue weighted by Gasteiger charge is -2.10. The third-order valence-corrected chi connectivity index (χ3v) is 2.85. The van der Waals surface area contributed by atoms with Crippen molar-refractivity contribution in [2.24, 2.45) is 0 Å². The number of halogens is 2. The minimum absolute atomic E-state index is 0.202. The van der Waals surface area contributed by atoms with Gasteiger partial charge in [0.1, 0.15) is 5.82 Å². The first-order valence-electron chi connectivity index (χ1n) is 5.89. The lowest BCUT2D eigenvalue weighted by Crippen LogP contribution is -2.31. The molecule has 0 aliphatic rings. The van der Waals surface area contributed by atoms with E-state index in [1.807, 2.05) is 0 Å². The van der Waals surface area contributed by atoms with Crippen molar-refractivity contribution in [2.45, 2.75) is 33.4 Å². The molecule has 0 heterocycles. The van der Waals surface area contributed by atoms with E-state index in [9.17, 15) is 4.39 Å². The number of hydrogen-bond donors (Lipinski definition) is 2. The van der Waals surface area contributed by atoms with Crippen molar-refractivity contribution in [2.75, 3.05) is 13.1 Å². The SMILES string of the molecule is Cc1cc(Cl)c(CNCCNC(C)C)cc1F. The number of rotatable bonds is 6. The van der Waals surface area contributed by atoms with Gasteiger partial charge in [0.05, 0.1) is 0 Å². The van der Waals surface area contributed by atoms with Gasteiger partial charge in [-0.2, -0.15) is 0 Å². The molecule has 0 aliphatic carbocycles. The highest BCUT2D eigenvalue weighted by Gasteiger charge is 2.05. The van der Waals surface area contributed by atoms with E-state index >= 15 is 0 Å². The summed E-state index contributed by atoms with van der Waals surface area (Å²) in [5.41, 5.74) is 1.39. The van der Waals surface area contributed by atoms with Gasteiger partial charge >= 0.3 is 0 Å². The highest BCUT2D eigenvalue weighted by atomic mass is 35.5. The van der Waals surface area contributed by atoms with Crippen molar-refractivity contribution in [3.63, 3.8) is 0 Å². The molecule has 0 bridgehead atoms. The van der Waals surface area contributed by atoms with Gasteiger partial charge < -0.3 is 10.6 Å². The third kappa shape index (κ3) is 5.02. The van der Waals surface area contributed by atoms with Crippen LogP contribution in [0.25, 0.3) is 0 Å². The summed E-state index contributed by atoms with van der Waals surface area (Å²) in [5.74, 6) is -0.202. The summed E-state index contributed by atoms with van der Waals surface area (Å²) in [6.45, 7) is 8.24. The average Bonchev–Trinajstić information content (AvgIpc) is 2.24. The fraction of sp³-hybridized carbons (Fsp3) is 0.538.